The Morgan fingerprint density at radius 1 is 0.486 bits per heavy atom. The van der Waals surface area contributed by atoms with Gasteiger partial charge in [0.25, 0.3) is 14.7 Å². The van der Waals surface area contributed by atoms with E-state index in [4.69, 9.17) is 9.05 Å². The highest BCUT2D eigenvalue weighted by Gasteiger charge is 2.34. The number of benzene rings is 4. The molecule has 0 amide bonds. The summed E-state index contributed by atoms with van der Waals surface area (Å²) in [4.78, 5) is 0. The fourth-order valence-electron chi connectivity index (χ4n) is 4.10. The summed E-state index contributed by atoms with van der Waals surface area (Å²) in [6.45, 7) is 3.77. The van der Waals surface area contributed by atoms with Crippen LogP contribution >= 0.6 is 14.7 Å². The van der Waals surface area contributed by atoms with Crippen LogP contribution in [0.1, 0.15) is 20.3 Å². The molecule has 0 fully saturated rings. The quantitative estimate of drug-likeness (QED) is 0.247. The number of rotatable bonds is 10. The van der Waals surface area contributed by atoms with Crippen LogP contribution in [0.2, 0.25) is 0 Å². The molecule has 2 atom stereocenters. The lowest BCUT2D eigenvalue weighted by atomic mass is 10.2. The van der Waals surface area contributed by atoms with Gasteiger partial charge in [0.15, 0.2) is 0 Å². The van der Waals surface area contributed by atoms with E-state index in [1.807, 2.05) is 135 Å². The van der Waals surface area contributed by atoms with Crippen LogP contribution in [0.15, 0.2) is 121 Å². The minimum absolute atomic E-state index is 0.406. The molecule has 2 unspecified atom stereocenters. The molecule has 0 aliphatic carbocycles. The Hall–Kier alpha value is -2.74. The molecule has 180 valence electrons. The lowest BCUT2D eigenvalue weighted by Gasteiger charge is -2.28. The van der Waals surface area contributed by atoms with Crippen LogP contribution < -0.4 is 21.2 Å². The first-order chi connectivity index (χ1) is 16.9. The maximum atomic E-state index is 14.2. The van der Waals surface area contributed by atoms with Gasteiger partial charge in [-0.2, -0.15) is 0 Å². The summed E-state index contributed by atoms with van der Waals surface area (Å²) >= 11 is 0. The molecule has 4 nitrogen and oxygen atoms in total. The summed E-state index contributed by atoms with van der Waals surface area (Å²) < 4.78 is 41.0. The molecular formula is C29H30O4P2. The molecule has 0 heterocycles. The second kappa shape index (κ2) is 11.3. The zero-order valence-electron chi connectivity index (χ0n) is 19.9. The second-order valence-electron chi connectivity index (χ2n) is 8.51. The molecule has 4 rings (SSSR count). The summed E-state index contributed by atoms with van der Waals surface area (Å²) in [5.74, 6) is 0. The Bertz CT molecular complexity index is 1110. The van der Waals surface area contributed by atoms with Gasteiger partial charge < -0.3 is 9.05 Å². The van der Waals surface area contributed by atoms with Gasteiger partial charge in [0.05, 0.1) is 12.2 Å². The lowest BCUT2D eigenvalue weighted by molar-refractivity contribution is 0.141. The van der Waals surface area contributed by atoms with Crippen LogP contribution in [-0.2, 0) is 18.2 Å². The van der Waals surface area contributed by atoms with Gasteiger partial charge in [0.2, 0.25) is 0 Å². The lowest BCUT2D eigenvalue weighted by Crippen LogP contribution is -2.26. The molecule has 0 bridgehead atoms. The highest BCUT2D eigenvalue weighted by molar-refractivity contribution is 7.74. The van der Waals surface area contributed by atoms with Crippen molar-refractivity contribution in [2.75, 3.05) is 0 Å². The molecule has 0 aliphatic rings. The van der Waals surface area contributed by atoms with E-state index in [9.17, 15) is 9.13 Å². The van der Waals surface area contributed by atoms with Gasteiger partial charge in [-0.05, 0) is 62.4 Å². The fraction of sp³-hybridized carbons (Fsp3) is 0.172. The largest absolute Gasteiger partial charge is 0.319 e. The third-order valence-electron chi connectivity index (χ3n) is 5.71. The van der Waals surface area contributed by atoms with Crippen molar-refractivity contribution in [1.29, 1.82) is 0 Å². The van der Waals surface area contributed by atoms with Gasteiger partial charge in [-0.3, -0.25) is 9.13 Å². The summed E-state index contributed by atoms with van der Waals surface area (Å²) in [5, 5.41) is 2.58. The number of hydrogen-bond donors (Lipinski definition) is 0. The van der Waals surface area contributed by atoms with Crippen LogP contribution in [-0.4, -0.2) is 12.2 Å². The normalized spacial score (nSPS) is 13.8. The summed E-state index contributed by atoms with van der Waals surface area (Å²) in [5.41, 5.74) is 0. The maximum Gasteiger partial charge on any atom is 0.261 e. The van der Waals surface area contributed by atoms with Gasteiger partial charge in [-0.15, -0.1) is 0 Å². The molecule has 0 saturated carbocycles. The van der Waals surface area contributed by atoms with Gasteiger partial charge in [0.1, 0.15) is 0 Å². The smallest absolute Gasteiger partial charge is 0.261 e. The van der Waals surface area contributed by atoms with Crippen molar-refractivity contribution in [2.24, 2.45) is 0 Å². The van der Waals surface area contributed by atoms with E-state index in [1.165, 1.54) is 0 Å². The van der Waals surface area contributed by atoms with Gasteiger partial charge in [-0.25, -0.2) is 0 Å². The fourth-order valence-corrected chi connectivity index (χ4v) is 8.63. The Morgan fingerprint density at radius 3 is 0.943 bits per heavy atom. The second-order valence-corrected chi connectivity index (χ2v) is 13.2. The van der Waals surface area contributed by atoms with E-state index in [0.717, 1.165) is 0 Å². The first-order valence-corrected chi connectivity index (χ1v) is 15.0. The van der Waals surface area contributed by atoms with Crippen molar-refractivity contribution < 1.29 is 18.2 Å². The Balaban J connectivity index is 1.56. The molecule has 0 saturated heterocycles. The van der Waals surface area contributed by atoms with Crippen LogP contribution in [0.25, 0.3) is 0 Å². The predicted molar refractivity (Wildman–Crippen MR) is 145 cm³/mol. The van der Waals surface area contributed by atoms with Crippen LogP contribution in [0, 0.1) is 0 Å². The van der Waals surface area contributed by atoms with Crippen molar-refractivity contribution in [1.82, 2.24) is 0 Å². The minimum atomic E-state index is -3.33. The van der Waals surface area contributed by atoms with Gasteiger partial charge in [0, 0.05) is 27.6 Å². The van der Waals surface area contributed by atoms with Crippen molar-refractivity contribution >= 4 is 36.0 Å². The molecule has 0 aromatic heterocycles. The van der Waals surface area contributed by atoms with Crippen molar-refractivity contribution in [3.8, 4) is 0 Å². The van der Waals surface area contributed by atoms with Crippen LogP contribution in [0.3, 0.4) is 0 Å². The summed E-state index contributed by atoms with van der Waals surface area (Å²) in [6, 6.07) is 37.1. The molecule has 0 radical (unpaired) electrons. The highest BCUT2D eigenvalue weighted by Crippen LogP contribution is 2.48. The molecule has 4 aromatic carbocycles. The zero-order chi connectivity index (χ0) is 24.7. The molecule has 0 aliphatic heterocycles. The van der Waals surface area contributed by atoms with Crippen molar-refractivity contribution in [3.05, 3.63) is 121 Å². The average molecular weight is 505 g/mol. The SMILES string of the molecule is CC(CC(C)OP(=O)(c1ccccc1)c1ccccc1)OP(=O)(c1ccccc1)c1ccccc1. The van der Waals surface area contributed by atoms with E-state index in [-0.39, 0.29) is 0 Å². The molecular weight excluding hydrogens is 474 g/mol. The molecule has 6 heteroatoms. The Morgan fingerprint density at radius 2 is 0.714 bits per heavy atom. The third kappa shape index (κ3) is 5.92. The van der Waals surface area contributed by atoms with E-state index < -0.39 is 26.9 Å². The maximum absolute atomic E-state index is 14.2. The first kappa shape index (κ1) is 25.4. The van der Waals surface area contributed by atoms with E-state index in [1.54, 1.807) is 0 Å². The molecule has 0 N–H and O–H groups in total. The van der Waals surface area contributed by atoms with Crippen molar-refractivity contribution in [2.45, 2.75) is 32.5 Å². The molecule has 35 heavy (non-hydrogen) atoms. The first-order valence-electron chi connectivity index (χ1n) is 11.7. The minimum Gasteiger partial charge on any atom is -0.319 e. The topological polar surface area (TPSA) is 52.6 Å². The number of hydrogen-bond acceptors (Lipinski definition) is 4. The van der Waals surface area contributed by atoms with E-state index >= 15 is 0 Å². The summed E-state index contributed by atoms with van der Waals surface area (Å²) in [7, 11) is -6.66. The summed E-state index contributed by atoms with van der Waals surface area (Å²) in [6.07, 6.45) is -0.389. The van der Waals surface area contributed by atoms with E-state index in [0.29, 0.717) is 27.6 Å². The van der Waals surface area contributed by atoms with Crippen LogP contribution in [0.4, 0.5) is 0 Å². The Kier molecular flexibility index (Phi) is 8.21. The third-order valence-corrected chi connectivity index (χ3v) is 10.9. The van der Waals surface area contributed by atoms with Gasteiger partial charge in [-0.1, -0.05) is 72.8 Å². The predicted octanol–water partition coefficient (Wildman–Crippen LogP) is 6.04. The monoisotopic (exact) mass is 504 g/mol. The van der Waals surface area contributed by atoms with Gasteiger partial charge >= 0.3 is 0 Å². The molecule has 4 aromatic rings. The van der Waals surface area contributed by atoms with Crippen LogP contribution in [0.5, 0.6) is 0 Å². The Labute approximate surface area is 207 Å². The van der Waals surface area contributed by atoms with Crippen molar-refractivity contribution in [3.63, 3.8) is 0 Å². The highest BCUT2D eigenvalue weighted by atomic mass is 31.2. The standard InChI is InChI=1S/C29H30O4P2/c1-24(32-34(30,26-15-7-3-8-16-26)27-17-9-4-10-18-27)23-25(2)33-35(31,28-19-11-5-12-20-28)29-21-13-6-14-22-29/h3-22,24-25H,23H2,1-2H3. The zero-order valence-corrected chi connectivity index (χ0v) is 21.7. The molecule has 0 spiro atoms. The van der Waals surface area contributed by atoms with E-state index in [2.05, 4.69) is 0 Å². The average Bonchev–Trinajstić information content (AvgIpc) is 2.90.